The molecule has 1 fully saturated rings. The van der Waals surface area contributed by atoms with E-state index in [1.165, 1.54) is 12.8 Å². The zero-order valence-electron chi connectivity index (χ0n) is 6.10. The van der Waals surface area contributed by atoms with E-state index in [4.69, 9.17) is 0 Å². The van der Waals surface area contributed by atoms with Gasteiger partial charge < -0.3 is 0 Å². The molecule has 0 spiro atoms. The van der Waals surface area contributed by atoms with Crippen molar-refractivity contribution >= 4 is 5.78 Å². The first-order valence-electron chi connectivity index (χ1n) is 4.07. The Morgan fingerprint density at radius 1 is 1.40 bits per heavy atom. The molecule has 54 valence electrons. The maximum Gasteiger partial charge on any atom is 0.133 e. The predicted octanol–water partition coefficient (Wildman–Crippen LogP) is 2.08. The number of carbonyl (C=O) groups excluding carboxylic acids is 1. The highest BCUT2D eigenvalue weighted by Crippen LogP contribution is 2.35. The average molecular weight is 136 g/mol. The highest BCUT2D eigenvalue weighted by atomic mass is 16.1. The molecule has 1 atom stereocenters. The van der Waals surface area contributed by atoms with Gasteiger partial charge in [-0.15, -0.1) is 0 Å². The van der Waals surface area contributed by atoms with Gasteiger partial charge in [0, 0.05) is 12.8 Å². The molecule has 1 saturated carbocycles. The van der Waals surface area contributed by atoms with Crippen molar-refractivity contribution in [3.63, 3.8) is 0 Å². The Balaban J connectivity index is 2.13. The first-order chi connectivity index (χ1) is 4.86. The van der Waals surface area contributed by atoms with Crippen LogP contribution in [0, 0.1) is 5.92 Å². The molecular formula is C9H12O. The van der Waals surface area contributed by atoms with E-state index in [0.29, 0.717) is 11.7 Å². The van der Waals surface area contributed by atoms with Gasteiger partial charge in [0.2, 0.25) is 0 Å². The van der Waals surface area contributed by atoms with Gasteiger partial charge in [0.05, 0.1) is 0 Å². The van der Waals surface area contributed by atoms with Crippen molar-refractivity contribution in [1.29, 1.82) is 0 Å². The summed E-state index contributed by atoms with van der Waals surface area (Å²) in [7, 11) is 0. The van der Waals surface area contributed by atoms with Gasteiger partial charge in [-0.1, -0.05) is 11.6 Å². The SMILES string of the molecule is O=C1CCC2=CCCC2C1. The van der Waals surface area contributed by atoms with Crippen LogP contribution in [0.25, 0.3) is 0 Å². The maximum atomic E-state index is 11.0. The van der Waals surface area contributed by atoms with Gasteiger partial charge in [-0.2, -0.15) is 0 Å². The third kappa shape index (κ3) is 0.898. The van der Waals surface area contributed by atoms with E-state index < -0.39 is 0 Å². The lowest BCUT2D eigenvalue weighted by atomic mass is 9.85. The highest BCUT2D eigenvalue weighted by molar-refractivity contribution is 5.80. The third-order valence-corrected chi connectivity index (χ3v) is 2.61. The van der Waals surface area contributed by atoms with E-state index in [-0.39, 0.29) is 0 Å². The molecule has 0 bridgehead atoms. The number of hydrogen-bond acceptors (Lipinski definition) is 1. The molecule has 2 aliphatic carbocycles. The summed E-state index contributed by atoms with van der Waals surface area (Å²) in [5.41, 5.74) is 1.57. The summed E-state index contributed by atoms with van der Waals surface area (Å²) in [6.45, 7) is 0. The third-order valence-electron chi connectivity index (χ3n) is 2.61. The van der Waals surface area contributed by atoms with Crippen LogP contribution >= 0.6 is 0 Å². The molecule has 0 amide bonds. The van der Waals surface area contributed by atoms with Crippen molar-refractivity contribution in [2.24, 2.45) is 5.92 Å². The molecule has 1 nitrogen and oxygen atoms in total. The van der Waals surface area contributed by atoms with Gasteiger partial charge >= 0.3 is 0 Å². The number of fused-ring (bicyclic) bond motifs is 1. The van der Waals surface area contributed by atoms with Gasteiger partial charge in [0.1, 0.15) is 5.78 Å². The number of Topliss-reactive ketones (excluding diaryl/α,β-unsaturated/α-hetero) is 1. The minimum atomic E-state index is 0.476. The van der Waals surface area contributed by atoms with Gasteiger partial charge in [-0.25, -0.2) is 0 Å². The topological polar surface area (TPSA) is 17.1 Å². The molecule has 2 aliphatic rings. The number of rotatable bonds is 0. The standard InChI is InChI=1S/C9H12O/c10-9-5-4-7-2-1-3-8(7)6-9/h2,8H,1,3-6H2. The Labute approximate surface area is 61.1 Å². The zero-order chi connectivity index (χ0) is 6.97. The summed E-state index contributed by atoms with van der Waals surface area (Å²) in [5, 5.41) is 0. The van der Waals surface area contributed by atoms with Crippen molar-refractivity contribution in [3.05, 3.63) is 11.6 Å². The summed E-state index contributed by atoms with van der Waals surface area (Å²) >= 11 is 0. The molecular weight excluding hydrogens is 124 g/mol. The quantitative estimate of drug-likeness (QED) is 0.466. The largest absolute Gasteiger partial charge is 0.300 e. The van der Waals surface area contributed by atoms with Crippen molar-refractivity contribution in [2.75, 3.05) is 0 Å². The molecule has 1 unspecified atom stereocenters. The monoisotopic (exact) mass is 136 g/mol. The second kappa shape index (κ2) is 2.22. The molecule has 0 saturated heterocycles. The number of ketones is 1. The molecule has 0 aromatic rings. The second-order valence-corrected chi connectivity index (χ2v) is 3.30. The predicted molar refractivity (Wildman–Crippen MR) is 39.7 cm³/mol. The van der Waals surface area contributed by atoms with Crippen molar-refractivity contribution in [1.82, 2.24) is 0 Å². The molecule has 0 aliphatic heterocycles. The van der Waals surface area contributed by atoms with Gasteiger partial charge in [-0.3, -0.25) is 4.79 Å². The van der Waals surface area contributed by atoms with Gasteiger partial charge in [0.25, 0.3) is 0 Å². The molecule has 0 radical (unpaired) electrons. The Morgan fingerprint density at radius 3 is 3.20 bits per heavy atom. The Hall–Kier alpha value is -0.590. The van der Waals surface area contributed by atoms with E-state index >= 15 is 0 Å². The first-order valence-corrected chi connectivity index (χ1v) is 4.07. The lowest BCUT2D eigenvalue weighted by Gasteiger charge is -2.18. The van der Waals surface area contributed by atoms with Gasteiger partial charge in [0.15, 0.2) is 0 Å². The van der Waals surface area contributed by atoms with Crippen LogP contribution in [0.15, 0.2) is 11.6 Å². The summed E-state index contributed by atoms with van der Waals surface area (Å²) in [5.74, 6) is 1.13. The summed E-state index contributed by atoms with van der Waals surface area (Å²) in [6, 6.07) is 0. The Morgan fingerprint density at radius 2 is 2.30 bits per heavy atom. The normalized spacial score (nSPS) is 31.8. The fraction of sp³-hybridized carbons (Fsp3) is 0.667. The summed E-state index contributed by atoms with van der Waals surface area (Å²) in [6.07, 6.45) is 7.49. The smallest absolute Gasteiger partial charge is 0.133 e. The van der Waals surface area contributed by atoms with E-state index in [9.17, 15) is 4.79 Å². The molecule has 0 N–H and O–H groups in total. The molecule has 10 heavy (non-hydrogen) atoms. The number of allylic oxidation sites excluding steroid dienone is 2. The zero-order valence-corrected chi connectivity index (χ0v) is 6.10. The fourth-order valence-electron chi connectivity index (χ4n) is 2.02. The van der Waals surface area contributed by atoms with Crippen LogP contribution in [-0.4, -0.2) is 5.78 Å². The van der Waals surface area contributed by atoms with Crippen LogP contribution < -0.4 is 0 Å². The van der Waals surface area contributed by atoms with Crippen LogP contribution in [-0.2, 0) is 4.79 Å². The fourth-order valence-corrected chi connectivity index (χ4v) is 2.02. The number of carbonyl (C=O) groups is 1. The second-order valence-electron chi connectivity index (χ2n) is 3.30. The van der Waals surface area contributed by atoms with E-state index in [1.54, 1.807) is 5.57 Å². The van der Waals surface area contributed by atoms with E-state index in [1.807, 2.05) is 0 Å². The molecule has 1 heteroatoms. The Kier molecular flexibility index (Phi) is 1.37. The molecule has 0 aromatic carbocycles. The minimum absolute atomic E-state index is 0.476. The molecule has 0 heterocycles. The lowest BCUT2D eigenvalue weighted by Crippen LogP contribution is -2.14. The van der Waals surface area contributed by atoms with Crippen LogP contribution in [0.5, 0.6) is 0 Å². The van der Waals surface area contributed by atoms with Crippen LogP contribution in [0.3, 0.4) is 0 Å². The molecule has 0 aromatic heterocycles. The van der Waals surface area contributed by atoms with Gasteiger partial charge in [-0.05, 0) is 25.2 Å². The lowest BCUT2D eigenvalue weighted by molar-refractivity contribution is -0.120. The van der Waals surface area contributed by atoms with Crippen molar-refractivity contribution < 1.29 is 4.79 Å². The Bertz CT molecular complexity index is 191. The average Bonchev–Trinajstić information content (AvgIpc) is 2.33. The van der Waals surface area contributed by atoms with Crippen molar-refractivity contribution in [3.8, 4) is 0 Å². The minimum Gasteiger partial charge on any atom is -0.300 e. The summed E-state index contributed by atoms with van der Waals surface area (Å²) < 4.78 is 0. The molecule has 2 rings (SSSR count). The summed E-state index contributed by atoms with van der Waals surface area (Å²) in [4.78, 5) is 11.0. The van der Waals surface area contributed by atoms with Crippen LogP contribution in [0.1, 0.15) is 32.1 Å². The van der Waals surface area contributed by atoms with E-state index in [2.05, 4.69) is 6.08 Å². The maximum absolute atomic E-state index is 11.0. The van der Waals surface area contributed by atoms with E-state index in [0.717, 1.165) is 19.3 Å². The van der Waals surface area contributed by atoms with Crippen LogP contribution in [0.2, 0.25) is 0 Å². The van der Waals surface area contributed by atoms with Crippen molar-refractivity contribution in [2.45, 2.75) is 32.1 Å². The van der Waals surface area contributed by atoms with Crippen LogP contribution in [0.4, 0.5) is 0 Å². The first kappa shape index (κ1) is 6.14. The number of hydrogen-bond donors (Lipinski definition) is 0. The highest BCUT2D eigenvalue weighted by Gasteiger charge is 2.26.